The van der Waals surface area contributed by atoms with Crippen LogP contribution in [0.4, 0.5) is 4.39 Å². The van der Waals surface area contributed by atoms with Crippen molar-refractivity contribution in [3.8, 4) is 22.8 Å². The van der Waals surface area contributed by atoms with Crippen LogP contribution >= 0.6 is 0 Å². The molecule has 0 saturated heterocycles. The number of pyridine rings is 2. The predicted molar refractivity (Wildman–Crippen MR) is 139 cm³/mol. The third kappa shape index (κ3) is 5.05. The summed E-state index contributed by atoms with van der Waals surface area (Å²) in [6.07, 6.45) is 3.59. The topological polar surface area (TPSA) is 69.9 Å². The molecular weight excluding hydrogens is 455 g/mol. The van der Waals surface area contributed by atoms with Crippen LogP contribution in [0.15, 0.2) is 53.6 Å². The Bertz CT molecular complexity index is 1490. The van der Waals surface area contributed by atoms with Crippen molar-refractivity contribution in [3.63, 3.8) is 0 Å². The van der Waals surface area contributed by atoms with E-state index in [1.165, 1.54) is 12.1 Å². The largest absolute Gasteiger partial charge is 0.488 e. The molecular formula is C29H31FN4O2. The van der Waals surface area contributed by atoms with Gasteiger partial charge in [0.2, 0.25) is 0 Å². The van der Waals surface area contributed by atoms with Crippen LogP contribution in [0.1, 0.15) is 54.5 Å². The maximum atomic E-state index is 13.5. The van der Waals surface area contributed by atoms with Gasteiger partial charge in [0.05, 0.1) is 22.6 Å². The van der Waals surface area contributed by atoms with E-state index in [1.54, 1.807) is 29.8 Å². The smallest absolute Gasteiger partial charge is 0.261 e. The summed E-state index contributed by atoms with van der Waals surface area (Å²) < 4.78 is 20.8. The molecule has 0 bridgehead atoms. The number of rotatable bonds is 5. The quantitative estimate of drug-likeness (QED) is 0.349. The second kappa shape index (κ2) is 9.64. The van der Waals surface area contributed by atoms with Gasteiger partial charge in [0, 0.05) is 29.6 Å². The van der Waals surface area contributed by atoms with Gasteiger partial charge in [-0.2, -0.15) is 0 Å². The van der Waals surface area contributed by atoms with Crippen LogP contribution in [-0.2, 0) is 12.0 Å². The van der Waals surface area contributed by atoms with Crippen molar-refractivity contribution < 1.29 is 9.13 Å². The lowest BCUT2D eigenvalue weighted by Gasteiger charge is -2.19. The highest BCUT2D eigenvalue weighted by atomic mass is 19.1. The minimum Gasteiger partial charge on any atom is -0.488 e. The molecule has 0 amide bonds. The van der Waals surface area contributed by atoms with Crippen LogP contribution in [-0.4, -0.2) is 19.5 Å². The summed E-state index contributed by atoms with van der Waals surface area (Å²) in [4.78, 5) is 27.4. The molecule has 0 aliphatic heterocycles. The predicted octanol–water partition coefficient (Wildman–Crippen LogP) is 5.94. The number of halogens is 1. The van der Waals surface area contributed by atoms with E-state index in [2.05, 4.69) is 30.7 Å². The molecule has 1 aromatic carbocycles. The molecule has 0 aliphatic rings. The molecule has 0 spiro atoms. The number of benzene rings is 1. The van der Waals surface area contributed by atoms with E-state index in [4.69, 9.17) is 9.72 Å². The first-order valence-corrected chi connectivity index (χ1v) is 11.9. The molecule has 4 rings (SSSR count). The Morgan fingerprint density at radius 1 is 0.944 bits per heavy atom. The van der Waals surface area contributed by atoms with E-state index in [9.17, 15) is 9.18 Å². The van der Waals surface area contributed by atoms with E-state index in [-0.39, 0.29) is 23.4 Å². The molecule has 0 N–H and O–H groups in total. The zero-order valence-corrected chi connectivity index (χ0v) is 21.8. The summed E-state index contributed by atoms with van der Waals surface area (Å²) in [7, 11) is 0. The van der Waals surface area contributed by atoms with E-state index in [0.29, 0.717) is 17.0 Å². The molecule has 0 saturated carbocycles. The van der Waals surface area contributed by atoms with Crippen molar-refractivity contribution in [1.29, 1.82) is 0 Å². The number of aryl methyl sites for hydroxylation is 3. The fourth-order valence-corrected chi connectivity index (χ4v) is 3.93. The second-order valence-corrected chi connectivity index (χ2v) is 10.2. The maximum absolute atomic E-state index is 13.5. The number of nitrogens with zero attached hydrogens (tertiary/aromatic N) is 4. The van der Waals surface area contributed by atoms with E-state index in [1.807, 2.05) is 39.1 Å². The summed E-state index contributed by atoms with van der Waals surface area (Å²) in [5, 5.41) is 0. The summed E-state index contributed by atoms with van der Waals surface area (Å²) in [6.45, 7) is 14.0. The van der Waals surface area contributed by atoms with Crippen LogP contribution in [0.5, 0.6) is 5.75 Å². The number of ether oxygens (including phenoxy) is 1. The van der Waals surface area contributed by atoms with Gasteiger partial charge in [-0.1, -0.05) is 32.9 Å². The third-order valence-corrected chi connectivity index (χ3v) is 6.09. The molecule has 4 aromatic rings. The molecule has 0 atom stereocenters. The SMILES string of the molecule is Cc1cnc(-c2nc(C(C)(C)C)ncc2C)cc1-n1c(C)cc(OCc2ccc(F)cc2)c(C)c1=O. The minimum atomic E-state index is -0.299. The number of aromatic nitrogens is 4. The number of hydrogen-bond acceptors (Lipinski definition) is 5. The first-order chi connectivity index (χ1) is 17.0. The fraction of sp³-hybridized carbons (Fsp3) is 0.310. The lowest BCUT2D eigenvalue weighted by atomic mass is 9.95. The molecule has 0 unspecified atom stereocenters. The van der Waals surface area contributed by atoms with Crippen molar-refractivity contribution in [3.05, 3.63) is 98.7 Å². The van der Waals surface area contributed by atoms with Crippen LogP contribution in [0, 0.1) is 33.5 Å². The van der Waals surface area contributed by atoms with Gasteiger partial charge in [-0.15, -0.1) is 0 Å². The molecule has 36 heavy (non-hydrogen) atoms. The normalized spacial score (nSPS) is 11.6. The Morgan fingerprint density at radius 3 is 2.28 bits per heavy atom. The minimum absolute atomic E-state index is 0.167. The molecule has 0 aliphatic carbocycles. The monoisotopic (exact) mass is 486 g/mol. The fourth-order valence-electron chi connectivity index (χ4n) is 3.93. The molecule has 0 radical (unpaired) electrons. The van der Waals surface area contributed by atoms with Crippen molar-refractivity contribution in [2.45, 2.75) is 60.5 Å². The van der Waals surface area contributed by atoms with Crippen LogP contribution in [0.25, 0.3) is 17.1 Å². The summed E-state index contributed by atoms with van der Waals surface area (Å²) in [6, 6.07) is 9.88. The van der Waals surface area contributed by atoms with E-state index < -0.39 is 0 Å². The van der Waals surface area contributed by atoms with Crippen molar-refractivity contribution >= 4 is 0 Å². The average Bonchev–Trinajstić information content (AvgIpc) is 2.82. The van der Waals surface area contributed by atoms with E-state index >= 15 is 0 Å². The Kier molecular flexibility index (Phi) is 6.76. The molecule has 6 nitrogen and oxygen atoms in total. The van der Waals surface area contributed by atoms with Crippen LogP contribution in [0.2, 0.25) is 0 Å². The summed E-state index contributed by atoms with van der Waals surface area (Å²) >= 11 is 0. The Balaban J connectivity index is 1.75. The third-order valence-electron chi connectivity index (χ3n) is 6.09. The van der Waals surface area contributed by atoms with Crippen LogP contribution in [0.3, 0.4) is 0 Å². The molecule has 3 heterocycles. The van der Waals surface area contributed by atoms with Gasteiger partial charge < -0.3 is 4.74 Å². The zero-order valence-electron chi connectivity index (χ0n) is 21.8. The van der Waals surface area contributed by atoms with Gasteiger partial charge in [-0.05, 0) is 62.6 Å². The first-order valence-electron chi connectivity index (χ1n) is 11.9. The van der Waals surface area contributed by atoms with Gasteiger partial charge in [0.15, 0.2) is 0 Å². The van der Waals surface area contributed by atoms with Crippen LogP contribution < -0.4 is 10.3 Å². The molecule has 186 valence electrons. The van der Waals surface area contributed by atoms with Gasteiger partial charge in [0.25, 0.3) is 5.56 Å². The van der Waals surface area contributed by atoms with Gasteiger partial charge in [-0.25, -0.2) is 14.4 Å². The van der Waals surface area contributed by atoms with Gasteiger partial charge >= 0.3 is 0 Å². The summed E-state index contributed by atoms with van der Waals surface area (Å²) in [5.41, 5.74) is 5.63. The maximum Gasteiger partial charge on any atom is 0.261 e. The van der Waals surface area contributed by atoms with Crippen molar-refractivity contribution in [2.24, 2.45) is 0 Å². The second-order valence-electron chi connectivity index (χ2n) is 10.2. The highest BCUT2D eigenvalue weighted by Gasteiger charge is 2.20. The molecule has 3 aromatic heterocycles. The van der Waals surface area contributed by atoms with Crippen molar-refractivity contribution in [2.75, 3.05) is 0 Å². The Labute approximate surface area is 210 Å². The standard InChI is InChI=1S/C29H31FN4O2/c1-17-14-31-23(26-18(2)15-32-28(33-26)29(5,6)7)13-24(17)34-19(3)12-25(20(4)27(34)35)36-16-21-8-10-22(30)11-9-21/h8-15H,16H2,1-7H3. The van der Waals surface area contributed by atoms with Crippen molar-refractivity contribution in [1.82, 2.24) is 19.5 Å². The highest BCUT2D eigenvalue weighted by Crippen LogP contribution is 2.27. The summed E-state index contributed by atoms with van der Waals surface area (Å²) in [5.74, 6) is 0.942. The number of hydrogen-bond donors (Lipinski definition) is 0. The highest BCUT2D eigenvalue weighted by molar-refractivity contribution is 5.62. The molecule has 0 fully saturated rings. The molecule has 7 heteroatoms. The lowest BCUT2D eigenvalue weighted by Crippen LogP contribution is -2.24. The van der Waals surface area contributed by atoms with E-state index in [0.717, 1.165) is 39.6 Å². The first kappa shape index (κ1) is 25.2. The average molecular weight is 487 g/mol. The van der Waals surface area contributed by atoms with Gasteiger partial charge in [0.1, 0.15) is 24.0 Å². The lowest BCUT2D eigenvalue weighted by molar-refractivity contribution is 0.302. The van der Waals surface area contributed by atoms with Gasteiger partial charge in [-0.3, -0.25) is 14.3 Å². The Hall–Kier alpha value is -3.87. The Morgan fingerprint density at radius 2 is 1.61 bits per heavy atom. The zero-order chi connectivity index (χ0) is 26.2.